The van der Waals surface area contributed by atoms with Gasteiger partial charge in [-0.3, -0.25) is 14.6 Å². The average molecular weight is 564 g/mol. The van der Waals surface area contributed by atoms with Crippen LogP contribution in [-0.2, 0) is 6.42 Å². The van der Waals surface area contributed by atoms with E-state index in [1.165, 1.54) is 11.3 Å². The van der Waals surface area contributed by atoms with E-state index >= 15 is 0 Å². The number of halogens is 2. The van der Waals surface area contributed by atoms with Crippen LogP contribution in [0.4, 0.5) is 5.69 Å². The normalized spacial score (nSPS) is 20.1. The molecule has 202 valence electrons. The van der Waals surface area contributed by atoms with Crippen molar-refractivity contribution in [2.75, 3.05) is 31.1 Å². The molecule has 2 saturated heterocycles. The van der Waals surface area contributed by atoms with Gasteiger partial charge in [-0.2, -0.15) is 0 Å². The van der Waals surface area contributed by atoms with Crippen LogP contribution < -0.4 is 10.2 Å². The van der Waals surface area contributed by atoms with E-state index in [2.05, 4.69) is 27.3 Å². The van der Waals surface area contributed by atoms with Crippen molar-refractivity contribution in [1.82, 2.24) is 15.2 Å². The number of rotatable bonds is 4. The van der Waals surface area contributed by atoms with Gasteiger partial charge in [0.2, 0.25) is 0 Å². The number of anilines is 1. The summed E-state index contributed by atoms with van der Waals surface area (Å²) in [6.45, 7) is 3.68. The highest BCUT2D eigenvalue weighted by atomic mass is 35.5. The Bertz CT molecular complexity index is 1380. The summed E-state index contributed by atoms with van der Waals surface area (Å²) in [5.74, 6) is -0.176. The molecule has 1 atom stereocenters. The van der Waals surface area contributed by atoms with Crippen LogP contribution in [0.1, 0.15) is 70.0 Å². The Morgan fingerprint density at radius 1 is 0.923 bits per heavy atom. The van der Waals surface area contributed by atoms with Crippen molar-refractivity contribution >= 4 is 40.7 Å². The predicted octanol–water partition coefficient (Wildman–Crippen LogP) is 6.33. The van der Waals surface area contributed by atoms with E-state index in [0.29, 0.717) is 21.6 Å². The van der Waals surface area contributed by atoms with Gasteiger partial charge in [0.25, 0.3) is 11.8 Å². The summed E-state index contributed by atoms with van der Waals surface area (Å²) in [4.78, 5) is 35.1. The van der Waals surface area contributed by atoms with Crippen LogP contribution in [0.25, 0.3) is 0 Å². The first kappa shape index (κ1) is 26.1. The summed E-state index contributed by atoms with van der Waals surface area (Å²) in [5, 5.41) is 3.71. The molecular formula is C31H32Cl2N4O2. The fourth-order valence-corrected chi connectivity index (χ4v) is 6.85. The first-order valence-electron chi connectivity index (χ1n) is 13.7. The molecule has 1 aromatic heterocycles. The lowest BCUT2D eigenvalue weighted by Crippen LogP contribution is -2.48. The summed E-state index contributed by atoms with van der Waals surface area (Å²) in [7, 11) is 0. The number of pyridine rings is 1. The molecule has 0 bridgehead atoms. The fourth-order valence-electron chi connectivity index (χ4n) is 6.46. The number of benzene rings is 2. The van der Waals surface area contributed by atoms with Gasteiger partial charge in [0.1, 0.15) is 0 Å². The van der Waals surface area contributed by atoms with Gasteiger partial charge in [-0.15, -0.1) is 0 Å². The molecule has 3 heterocycles. The second-order valence-corrected chi connectivity index (χ2v) is 11.8. The van der Waals surface area contributed by atoms with E-state index in [9.17, 15) is 9.59 Å². The van der Waals surface area contributed by atoms with Crippen molar-refractivity contribution in [2.45, 2.75) is 44.6 Å². The first-order valence-corrected chi connectivity index (χ1v) is 14.5. The number of piperidine rings is 2. The SMILES string of the molecule is O=C(N[C@@H]1CCc2ccc(C(=O)N3CCC4(CC3)CCN(c3ccncc3)CC4)cc21)c1cccc(Cl)c1Cl. The Morgan fingerprint density at radius 3 is 2.38 bits per heavy atom. The van der Waals surface area contributed by atoms with Crippen LogP contribution in [0.15, 0.2) is 60.9 Å². The lowest BCUT2D eigenvalue weighted by atomic mass is 9.71. The summed E-state index contributed by atoms with van der Waals surface area (Å²) in [6.07, 6.45) is 9.78. The number of likely N-dealkylation sites (tertiary alicyclic amines) is 1. The van der Waals surface area contributed by atoms with Crippen molar-refractivity contribution in [3.8, 4) is 0 Å². The molecular weight excluding hydrogens is 531 g/mol. The zero-order chi connectivity index (χ0) is 27.0. The summed E-state index contributed by atoms with van der Waals surface area (Å²) >= 11 is 12.4. The van der Waals surface area contributed by atoms with Gasteiger partial charge >= 0.3 is 0 Å². The highest BCUT2D eigenvalue weighted by Gasteiger charge is 2.39. The molecule has 2 fully saturated rings. The van der Waals surface area contributed by atoms with Gasteiger partial charge in [0.05, 0.1) is 21.7 Å². The lowest BCUT2D eigenvalue weighted by molar-refractivity contribution is 0.0515. The number of carbonyl (C=O) groups is 2. The number of fused-ring (bicyclic) bond motifs is 1. The van der Waals surface area contributed by atoms with Crippen LogP contribution in [0.2, 0.25) is 10.0 Å². The molecule has 3 aromatic rings. The zero-order valence-electron chi connectivity index (χ0n) is 21.8. The maximum Gasteiger partial charge on any atom is 0.253 e. The van der Waals surface area contributed by atoms with E-state index in [-0.39, 0.29) is 22.9 Å². The van der Waals surface area contributed by atoms with Gasteiger partial charge in [0, 0.05) is 49.8 Å². The Labute approximate surface area is 239 Å². The second-order valence-electron chi connectivity index (χ2n) is 11.1. The molecule has 0 unspecified atom stereocenters. The van der Waals surface area contributed by atoms with Gasteiger partial charge in [0.15, 0.2) is 0 Å². The summed E-state index contributed by atoms with van der Waals surface area (Å²) < 4.78 is 0. The second kappa shape index (κ2) is 10.8. The van der Waals surface area contributed by atoms with Crippen molar-refractivity contribution < 1.29 is 9.59 Å². The van der Waals surface area contributed by atoms with E-state index < -0.39 is 0 Å². The molecule has 2 aliphatic heterocycles. The number of amides is 2. The molecule has 8 heteroatoms. The predicted molar refractivity (Wildman–Crippen MR) is 155 cm³/mol. The topological polar surface area (TPSA) is 65.5 Å². The molecule has 39 heavy (non-hydrogen) atoms. The molecule has 1 N–H and O–H groups in total. The van der Waals surface area contributed by atoms with Crippen molar-refractivity contribution in [3.63, 3.8) is 0 Å². The molecule has 0 radical (unpaired) electrons. The third kappa shape index (κ3) is 5.24. The van der Waals surface area contributed by atoms with E-state index in [1.54, 1.807) is 18.2 Å². The number of carbonyl (C=O) groups excluding carboxylic acids is 2. The Kier molecular flexibility index (Phi) is 7.25. The highest BCUT2D eigenvalue weighted by Crippen LogP contribution is 2.42. The molecule has 6 rings (SSSR count). The third-order valence-electron chi connectivity index (χ3n) is 8.94. The number of hydrogen-bond donors (Lipinski definition) is 1. The van der Waals surface area contributed by atoms with Crippen molar-refractivity contribution in [3.05, 3.63) is 93.2 Å². The quantitative estimate of drug-likeness (QED) is 0.403. The minimum atomic E-state index is -0.256. The maximum atomic E-state index is 13.5. The van der Waals surface area contributed by atoms with E-state index in [4.69, 9.17) is 23.2 Å². The van der Waals surface area contributed by atoms with Crippen LogP contribution in [0.5, 0.6) is 0 Å². The van der Waals surface area contributed by atoms with Crippen LogP contribution >= 0.6 is 23.2 Å². The third-order valence-corrected chi connectivity index (χ3v) is 9.75. The first-order chi connectivity index (χ1) is 18.9. The molecule has 6 nitrogen and oxygen atoms in total. The minimum Gasteiger partial charge on any atom is -0.371 e. The van der Waals surface area contributed by atoms with Crippen molar-refractivity contribution in [2.24, 2.45) is 5.41 Å². The number of hydrogen-bond acceptors (Lipinski definition) is 4. The van der Waals surface area contributed by atoms with Gasteiger partial charge in [-0.05, 0) is 91.5 Å². The van der Waals surface area contributed by atoms with Crippen LogP contribution in [0, 0.1) is 5.41 Å². The van der Waals surface area contributed by atoms with Crippen LogP contribution in [-0.4, -0.2) is 47.9 Å². The standard InChI is InChI=1S/C31H32Cl2N4O2/c32-26-3-1-2-24(28(26)33)29(38)35-27-7-6-21-4-5-22(20-25(21)27)30(39)37-18-12-31(13-19-37)10-16-36(17-11-31)23-8-14-34-15-9-23/h1-5,8-9,14-15,20,27H,6-7,10-13,16-19H2,(H,35,38)/t27-/m1/s1. The molecule has 3 aliphatic rings. The lowest BCUT2D eigenvalue weighted by Gasteiger charge is -2.47. The number of aryl methyl sites for hydroxylation is 1. The summed E-state index contributed by atoms with van der Waals surface area (Å²) in [6, 6.07) is 15.0. The Hall–Kier alpha value is -3.09. The fraction of sp³-hybridized carbons (Fsp3) is 0.387. The Balaban J connectivity index is 1.08. The molecule has 2 aromatic carbocycles. The van der Waals surface area contributed by atoms with Crippen LogP contribution in [0.3, 0.4) is 0 Å². The van der Waals surface area contributed by atoms with Crippen molar-refractivity contribution in [1.29, 1.82) is 0 Å². The smallest absolute Gasteiger partial charge is 0.253 e. The largest absolute Gasteiger partial charge is 0.371 e. The number of aromatic nitrogens is 1. The number of nitrogens with one attached hydrogen (secondary N) is 1. The number of nitrogens with zero attached hydrogens (tertiary/aromatic N) is 3. The highest BCUT2D eigenvalue weighted by molar-refractivity contribution is 6.43. The van der Waals surface area contributed by atoms with Gasteiger partial charge in [-0.1, -0.05) is 35.3 Å². The Morgan fingerprint density at radius 2 is 1.64 bits per heavy atom. The van der Waals surface area contributed by atoms with E-state index in [1.807, 2.05) is 35.5 Å². The zero-order valence-corrected chi connectivity index (χ0v) is 23.3. The van der Waals surface area contributed by atoms with E-state index in [0.717, 1.165) is 70.3 Å². The monoisotopic (exact) mass is 562 g/mol. The molecule has 1 spiro atoms. The summed E-state index contributed by atoms with van der Waals surface area (Å²) in [5.41, 5.74) is 4.82. The van der Waals surface area contributed by atoms with Gasteiger partial charge in [-0.25, -0.2) is 0 Å². The maximum absolute atomic E-state index is 13.5. The van der Waals surface area contributed by atoms with Gasteiger partial charge < -0.3 is 15.1 Å². The molecule has 0 saturated carbocycles. The minimum absolute atomic E-state index is 0.0803. The average Bonchev–Trinajstić information content (AvgIpc) is 3.37. The molecule has 2 amide bonds. The molecule has 1 aliphatic carbocycles.